The van der Waals surface area contributed by atoms with Crippen molar-refractivity contribution in [2.45, 2.75) is 25.3 Å². The van der Waals surface area contributed by atoms with Gasteiger partial charge in [0.2, 0.25) is 11.7 Å². The van der Waals surface area contributed by atoms with Crippen LogP contribution in [0.3, 0.4) is 0 Å². The van der Waals surface area contributed by atoms with Crippen molar-refractivity contribution in [3.63, 3.8) is 0 Å². The maximum Gasteiger partial charge on any atom is 0.253 e. The summed E-state index contributed by atoms with van der Waals surface area (Å²) in [6.45, 7) is 0.487. The van der Waals surface area contributed by atoms with E-state index in [9.17, 15) is 4.79 Å². The first kappa shape index (κ1) is 15.0. The van der Waals surface area contributed by atoms with E-state index in [1.807, 2.05) is 17.5 Å². The predicted molar refractivity (Wildman–Crippen MR) is 89.6 cm³/mol. The van der Waals surface area contributed by atoms with Crippen LogP contribution >= 0.6 is 11.3 Å². The fourth-order valence-electron chi connectivity index (χ4n) is 2.49. The summed E-state index contributed by atoms with van der Waals surface area (Å²) in [4.78, 5) is 22.9. The molecule has 0 spiro atoms. The van der Waals surface area contributed by atoms with Gasteiger partial charge in [-0.3, -0.25) is 4.79 Å². The molecule has 2 aromatic heterocycles. The lowest BCUT2D eigenvalue weighted by atomic mass is 10.1. The second kappa shape index (κ2) is 6.16. The average Bonchev–Trinajstić information content (AvgIpc) is 3.11. The molecule has 1 amide bonds. The third-order valence-electron chi connectivity index (χ3n) is 3.97. The zero-order chi connectivity index (χ0) is 16.5. The number of hydrogen-bond acceptors (Lipinski definition) is 6. The van der Waals surface area contributed by atoms with Crippen molar-refractivity contribution in [3.05, 3.63) is 52.3 Å². The molecule has 1 aromatic carbocycles. The summed E-state index contributed by atoms with van der Waals surface area (Å²) in [5.74, 6) is 1.59. The zero-order valence-corrected chi connectivity index (χ0v) is 14.0. The van der Waals surface area contributed by atoms with Gasteiger partial charge in [-0.15, -0.1) is 11.3 Å². The fraction of sp³-hybridized carbons (Fsp3) is 0.294. The van der Waals surface area contributed by atoms with Gasteiger partial charge in [0.05, 0.1) is 17.7 Å². The van der Waals surface area contributed by atoms with Crippen molar-refractivity contribution in [3.8, 4) is 11.4 Å². The minimum absolute atomic E-state index is 0.0595. The van der Waals surface area contributed by atoms with Crippen LogP contribution in [0, 0.1) is 0 Å². The Kier molecular flexibility index (Phi) is 3.86. The van der Waals surface area contributed by atoms with E-state index in [0.29, 0.717) is 29.7 Å². The first-order valence-electron chi connectivity index (χ1n) is 7.77. The third kappa shape index (κ3) is 3.07. The Hall–Kier alpha value is -2.54. The van der Waals surface area contributed by atoms with Crippen LogP contribution < -0.4 is 0 Å². The molecule has 6 nitrogen and oxygen atoms in total. The molecule has 0 saturated heterocycles. The number of thiazole rings is 1. The highest BCUT2D eigenvalue weighted by Gasteiger charge is 2.29. The van der Waals surface area contributed by atoms with Crippen LogP contribution in [0.25, 0.3) is 11.4 Å². The molecule has 0 radical (unpaired) electrons. The number of nitrogens with zero attached hydrogens (tertiary/aromatic N) is 4. The summed E-state index contributed by atoms with van der Waals surface area (Å²) in [5, 5.41) is 5.98. The van der Waals surface area contributed by atoms with Crippen LogP contribution in [0.5, 0.6) is 0 Å². The van der Waals surface area contributed by atoms with E-state index in [1.54, 1.807) is 29.6 Å². The largest absolute Gasteiger partial charge is 0.339 e. The monoisotopic (exact) mass is 340 g/mol. The molecule has 0 aliphatic heterocycles. The van der Waals surface area contributed by atoms with E-state index in [4.69, 9.17) is 4.52 Å². The Labute approximate surface area is 143 Å². The Bertz CT molecular complexity index is 855. The number of aromatic nitrogens is 3. The molecular formula is C17H16N4O2S. The Balaban J connectivity index is 1.53. The van der Waals surface area contributed by atoms with Crippen LogP contribution in [0.15, 0.2) is 39.7 Å². The van der Waals surface area contributed by atoms with Crippen LogP contribution in [-0.4, -0.2) is 33.0 Å². The molecule has 2 heterocycles. The normalized spacial score (nSPS) is 13.9. The standard InChI is InChI=1S/C17H16N4O2S/c1-21(8-14-9-24-10-18-14)17(22)13-4-2-3-12(7-13)15-19-16(23-20-15)11-5-6-11/h2-4,7,9-11H,5-6,8H2,1H3. The van der Waals surface area contributed by atoms with Gasteiger partial charge >= 0.3 is 0 Å². The van der Waals surface area contributed by atoms with Crippen LogP contribution in [0.4, 0.5) is 0 Å². The van der Waals surface area contributed by atoms with Gasteiger partial charge in [-0.05, 0) is 25.0 Å². The summed E-state index contributed by atoms with van der Waals surface area (Å²) in [7, 11) is 1.77. The maximum atomic E-state index is 12.6. The number of carbonyl (C=O) groups is 1. The second-order valence-electron chi connectivity index (χ2n) is 5.95. The Morgan fingerprint density at radius 2 is 2.29 bits per heavy atom. The molecule has 1 fully saturated rings. The SMILES string of the molecule is CN(Cc1cscn1)C(=O)c1cccc(-c2noc(C3CC3)n2)c1. The third-order valence-corrected chi connectivity index (χ3v) is 4.60. The van der Waals surface area contributed by atoms with Crippen molar-refractivity contribution >= 4 is 17.2 Å². The van der Waals surface area contributed by atoms with E-state index in [-0.39, 0.29) is 5.91 Å². The molecule has 0 N–H and O–H groups in total. The first-order valence-corrected chi connectivity index (χ1v) is 8.71. The number of rotatable bonds is 5. The molecule has 1 aliphatic rings. The highest BCUT2D eigenvalue weighted by Crippen LogP contribution is 2.39. The molecule has 0 unspecified atom stereocenters. The highest BCUT2D eigenvalue weighted by atomic mass is 32.1. The van der Waals surface area contributed by atoms with Crippen molar-refractivity contribution in [1.29, 1.82) is 0 Å². The summed E-state index contributed by atoms with van der Waals surface area (Å²) in [6, 6.07) is 7.33. The zero-order valence-electron chi connectivity index (χ0n) is 13.2. The Morgan fingerprint density at radius 1 is 1.42 bits per heavy atom. The molecule has 24 heavy (non-hydrogen) atoms. The van der Waals surface area contributed by atoms with Crippen molar-refractivity contribution in [1.82, 2.24) is 20.0 Å². The summed E-state index contributed by atoms with van der Waals surface area (Å²) in [6.07, 6.45) is 2.23. The smallest absolute Gasteiger partial charge is 0.253 e. The lowest BCUT2D eigenvalue weighted by Gasteiger charge is -2.16. The number of hydrogen-bond donors (Lipinski definition) is 0. The van der Waals surface area contributed by atoms with Gasteiger partial charge in [0.15, 0.2) is 0 Å². The minimum Gasteiger partial charge on any atom is -0.339 e. The number of carbonyl (C=O) groups excluding carboxylic acids is 1. The molecular weight excluding hydrogens is 324 g/mol. The predicted octanol–water partition coefficient (Wildman–Crippen LogP) is 3.34. The van der Waals surface area contributed by atoms with Crippen molar-refractivity contribution in [2.24, 2.45) is 0 Å². The van der Waals surface area contributed by atoms with Crippen molar-refractivity contribution in [2.75, 3.05) is 7.05 Å². The molecule has 4 rings (SSSR count). The van der Waals surface area contributed by atoms with Crippen LogP contribution in [0.2, 0.25) is 0 Å². The average molecular weight is 340 g/mol. The van der Waals surface area contributed by atoms with Gasteiger partial charge in [0.1, 0.15) is 0 Å². The molecule has 7 heteroatoms. The quantitative estimate of drug-likeness (QED) is 0.712. The summed E-state index contributed by atoms with van der Waals surface area (Å²) < 4.78 is 5.30. The Morgan fingerprint density at radius 3 is 3.04 bits per heavy atom. The lowest BCUT2D eigenvalue weighted by Crippen LogP contribution is -2.26. The number of benzene rings is 1. The second-order valence-corrected chi connectivity index (χ2v) is 6.67. The maximum absolute atomic E-state index is 12.6. The molecule has 122 valence electrons. The highest BCUT2D eigenvalue weighted by molar-refractivity contribution is 7.07. The molecule has 1 saturated carbocycles. The number of amides is 1. The van der Waals surface area contributed by atoms with Gasteiger partial charge in [-0.1, -0.05) is 17.3 Å². The molecule has 0 atom stereocenters. The molecule has 1 aliphatic carbocycles. The van der Waals surface area contributed by atoms with E-state index in [2.05, 4.69) is 15.1 Å². The van der Waals surface area contributed by atoms with E-state index in [1.165, 1.54) is 11.3 Å². The van der Waals surface area contributed by atoms with Crippen molar-refractivity contribution < 1.29 is 9.32 Å². The summed E-state index contributed by atoms with van der Waals surface area (Å²) >= 11 is 1.52. The van der Waals surface area contributed by atoms with Crippen LogP contribution in [-0.2, 0) is 6.54 Å². The molecule has 0 bridgehead atoms. The van der Waals surface area contributed by atoms with Gasteiger partial charge in [0, 0.05) is 29.5 Å². The van der Waals surface area contributed by atoms with E-state index >= 15 is 0 Å². The van der Waals surface area contributed by atoms with Gasteiger partial charge in [-0.25, -0.2) is 4.98 Å². The summed E-state index contributed by atoms with van der Waals surface area (Å²) in [5.41, 5.74) is 4.04. The van der Waals surface area contributed by atoms with Gasteiger partial charge < -0.3 is 9.42 Å². The molecule has 3 aromatic rings. The van der Waals surface area contributed by atoms with Crippen LogP contribution in [0.1, 0.15) is 40.7 Å². The van der Waals surface area contributed by atoms with Gasteiger partial charge in [0.25, 0.3) is 5.91 Å². The minimum atomic E-state index is -0.0595. The van der Waals surface area contributed by atoms with E-state index in [0.717, 1.165) is 24.1 Å². The fourth-order valence-corrected chi connectivity index (χ4v) is 3.04. The first-order chi connectivity index (χ1) is 11.7. The topological polar surface area (TPSA) is 72.1 Å². The van der Waals surface area contributed by atoms with E-state index < -0.39 is 0 Å². The van der Waals surface area contributed by atoms with Gasteiger partial charge in [-0.2, -0.15) is 4.98 Å². The lowest BCUT2D eigenvalue weighted by molar-refractivity contribution is 0.0783.